The van der Waals surface area contributed by atoms with Gasteiger partial charge in [0, 0.05) is 72.1 Å². The molecule has 0 aromatic rings. The number of Topliss-reactive ketones (excluding diaryl/α,β-unsaturated/α-hetero) is 3. The second-order valence-electron chi connectivity index (χ2n) is 32.2. The summed E-state index contributed by atoms with van der Waals surface area (Å²) in [7, 11) is 0. The molecule has 7 rings (SSSR count). The molecule has 117 heavy (non-hydrogen) atoms. The van der Waals surface area contributed by atoms with Crippen LogP contribution in [0.2, 0.25) is 0 Å². The van der Waals surface area contributed by atoms with Gasteiger partial charge in [0.15, 0.2) is 51.0 Å². The van der Waals surface area contributed by atoms with Gasteiger partial charge >= 0.3 is 5.97 Å². The molecule has 664 valence electrons. The number of rotatable bonds is 26. The fourth-order valence-electron chi connectivity index (χ4n) is 18.4. The van der Waals surface area contributed by atoms with Crippen LogP contribution in [0.3, 0.4) is 0 Å². The first-order valence-electron chi connectivity index (χ1n) is 42.9. The number of aliphatic hydroxyl groups is 6. The van der Waals surface area contributed by atoms with E-state index in [-0.39, 0.29) is 71.4 Å². The lowest BCUT2D eigenvalue weighted by Gasteiger charge is -2.56. The number of esters is 1. The summed E-state index contributed by atoms with van der Waals surface area (Å²) in [5.74, 6) is 25.7. The van der Waals surface area contributed by atoms with Gasteiger partial charge in [-0.15, -0.1) is 23.7 Å². The molecule has 7 aliphatic rings. The third kappa shape index (κ3) is 22.6. The van der Waals surface area contributed by atoms with E-state index < -0.39 is 85.7 Å². The maximum absolute atomic E-state index is 12.6. The highest BCUT2D eigenvalue weighted by atomic mass is 16.6. The van der Waals surface area contributed by atoms with Crippen LogP contribution >= 0.6 is 0 Å². The normalized spacial score (nSPS) is 36.4. The Kier molecular flexibility index (Phi) is 43.8. The third-order valence-electron chi connectivity index (χ3n) is 24.4. The van der Waals surface area contributed by atoms with Crippen molar-refractivity contribution < 1.29 is 107 Å². The number of carbonyl (C=O) groups is 4. The Bertz CT molecular complexity index is 3540. The van der Waals surface area contributed by atoms with Crippen LogP contribution in [0.15, 0.2) is 48.1 Å². The predicted molar refractivity (Wildman–Crippen MR) is 457 cm³/mol. The fraction of sp³-hybridized carbons (Fsp3) is 0.768. The molecular formula is C95H152O22. The zero-order valence-electron chi connectivity index (χ0n) is 76.6. The van der Waals surface area contributed by atoms with E-state index in [2.05, 4.69) is 99.9 Å². The van der Waals surface area contributed by atoms with Crippen molar-refractivity contribution >= 4 is 23.3 Å². The van der Waals surface area contributed by atoms with Crippen molar-refractivity contribution in [3.05, 3.63) is 48.1 Å². The van der Waals surface area contributed by atoms with E-state index in [0.29, 0.717) is 117 Å². The van der Waals surface area contributed by atoms with Crippen molar-refractivity contribution in [1.82, 2.24) is 0 Å². The van der Waals surface area contributed by atoms with E-state index in [1.165, 1.54) is 19.9 Å². The van der Waals surface area contributed by atoms with Gasteiger partial charge in [0.2, 0.25) is 5.60 Å². The van der Waals surface area contributed by atoms with Crippen LogP contribution in [-0.4, -0.2) is 225 Å². The average molecular weight is 1650 g/mol. The number of ether oxygens (including phenoxy) is 12. The Balaban J connectivity index is 0.000000480. The maximum atomic E-state index is 12.6. The average Bonchev–Trinajstić information content (AvgIpc) is 0.717. The van der Waals surface area contributed by atoms with Crippen LogP contribution < -0.4 is 0 Å². The van der Waals surface area contributed by atoms with Crippen molar-refractivity contribution in [3.63, 3.8) is 0 Å². The van der Waals surface area contributed by atoms with Crippen molar-refractivity contribution in [2.75, 3.05) is 72.7 Å². The number of aliphatic hydroxyl groups excluding tert-OH is 1. The lowest BCUT2D eigenvalue weighted by atomic mass is 9.60. The van der Waals surface area contributed by atoms with E-state index in [1.807, 2.05) is 111 Å². The highest BCUT2D eigenvalue weighted by Crippen LogP contribution is 2.54. The van der Waals surface area contributed by atoms with Crippen molar-refractivity contribution in [1.29, 1.82) is 0 Å². The molecule has 0 radical (unpaired) electrons. The Morgan fingerprint density at radius 3 is 1.32 bits per heavy atom. The van der Waals surface area contributed by atoms with Crippen LogP contribution in [0.1, 0.15) is 264 Å². The molecule has 0 amide bonds. The van der Waals surface area contributed by atoms with Crippen LogP contribution in [0.4, 0.5) is 0 Å². The lowest BCUT2D eigenvalue weighted by Crippen LogP contribution is -2.74. The molecule has 1 aliphatic heterocycles. The number of hydrogen-bond acceptors (Lipinski definition) is 22. The first-order chi connectivity index (χ1) is 54.9. The Hall–Kier alpha value is -5.60. The van der Waals surface area contributed by atoms with Crippen LogP contribution in [0.5, 0.6) is 0 Å². The molecule has 6 aliphatic carbocycles. The van der Waals surface area contributed by atoms with E-state index in [9.17, 15) is 49.8 Å². The van der Waals surface area contributed by atoms with Crippen LogP contribution in [-0.2, 0) is 76.0 Å². The summed E-state index contributed by atoms with van der Waals surface area (Å²) in [5, 5.41) is 64.8. The van der Waals surface area contributed by atoms with E-state index in [1.54, 1.807) is 41.5 Å². The summed E-state index contributed by atoms with van der Waals surface area (Å²) in [4.78, 5) is 48.5. The quantitative estimate of drug-likeness (QED) is 0.0266. The molecule has 22 nitrogen and oxygen atoms in total. The van der Waals surface area contributed by atoms with Gasteiger partial charge in [-0.25, -0.2) is 4.79 Å². The smallest absolute Gasteiger partial charge is 0.332 e. The molecule has 0 spiro atoms. The molecule has 1 heterocycles. The number of fused-ring (bicyclic) bond motifs is 1. The SMILES string of the molecule is C=C(C)C1(O)CCC(C)C(O)C1=O.C=C(C)C1(OCC)CCC(C)C(OCC)C1(O)C#CC.C=C(C)[C@@]1(OCC)CCC(C)C(OCC)C1=O.CC#CC1(O)C(OCC)C(C)CCC1(OCC)C(C)(O)C#COCC.CC#CC1(O)C(OCC)C(C)CC[C@]1(OCC)C(C)=O.CC#CC12OC(=O)C=C(C)[C@@]1(OCC)CCC(C)C2OCC. The van der Waals surface area contributed by atoms with Gasteiger partial charge in [-0.05, 0) is 292 Å². The minimum Gasteiger partial charge on any atom is -0.447 e. The second-order valence-corrected chi connectivity index (χ2v) is 32.2. The molecule has 20 unspecified atom stereocenters. The molecule has 22 heteroatoms. The minimum absolute atomic E-state index is 0.0486. The summed E-state index contributed by atoms with van der Waals surface area (Å²) in [6.45, 7) is 66.7. The van der Waals surface area contributed by atoms with Gasteiger partial charge in [-0.2, -0.15) is 0 Å². The Morgan fingerprint density at radius 2 is 0.889 bits per heavy atom. The predicted octanol–water partition coefficient (Wildman–Crippen LogP) is 13.2. The molecule has 0 aromatic heterocycles. The van der Waals surface area contributed by atoms with Gasteiger partial charge < -0.3 is 87.5 Å². The summed E-state index contributed by atoms with van der Waals surface area (Å²) >= 11 is 0. The molecule has 0 aromatic carbocycles. The zero-order valence-corrected chi connectivity index (χ0v) is 76.6. The Morgan fingerprint density at radius 1 is 0.479 bits per heavy atom. The number of carbonyl (C=O) groups excluding carboxylic acids is 4. The van der Waals surface area contributed by atoms with Gasteiger partial charge in [0.25, 0.3) is 0 Å². The third-order valence-corrected chi connectivity index (χ3v) is 24.4. The molecular weight excluding hydrogens is 1490 g/mol. The van der Waals surface area contributed by atoms with Crippen molar-refractivity contribution in [2.45, 2.75) is 362 Å². The summed E-state index contributed by atoms with van der Waals surface area (Å²) in [6, 6.07) is 0. The molecule has 0 bridgehead atoms. The topological polar surface area (TPSA) is 300 Å². The zero-order chi connectivity index (χ0) is 89.6. The molecule has 6 N–H and O–H groups in total. The molecule has 6 saturated carbocycles. The van der Waals surface area contributed by atoms with Gasteiger partial charge in [-0.1, -0.05) is 79.0 Å². The maximum Gasteiger partial charge on any atom is 0.332 e. The van der Waals surface area contributed by atoms with Crippen molar-refractivity contribution in [3.8, 4) is 59.4 Å². The first-order valence-corrected chi connectivity index (χ1v) is 42.9. The van der Waals surface area contributed by atoms with Crippen LogP contribution in [0.25, 0.3) is 0 Å². The number of hydrogen-bond donors (Lipinski definition) is 6. The molecule has 23 atom stereocenters. The standard InChI is InChI=1S/C20H32O5.C18H26O4.C17H28O3.C16H26O4.C14H24O3.C10H16O3/c1-7-12-19(22)17(24-9-3)16(5)11-13-20(19,25-10-4)18(6,21)14-15-23-8-2;1-6-10-18-16(20-7-2)13(4)9-11-17(18,21-8-3)14(5)12-15(19)22-18;1-7-11-16(18)15(19-8-2)14(6)10-12-17(16,13(4)5)20-9-3;1-6-10-15(18)14(19-7-2)12(4)9-11-16(15,13(5)17)20-8-3;1-6-16-12-11(5)8-9-14(10(3)4,13(12)15)17-7-2;1-6(2)10(13)5-4-7(3)8(11)9(10)12/h16-17,21-22H,8-11,13H2,1-6H3;12-13,16H,7-9,11H2,1-5H3;14-15,18H,4,8-10,12H2,1-3,5-6H3;12,14,18H,7-9,11H2,1-5H3;11-12H,3,6-9H2,1-2,4-5H3;7-8,11,13H,1,4-5H2,2-3H3/t;13?,16?,17-,18?;;12?,14?,15?,16-;11?,12?,14-;/m.0.00./s1. The van der Waals surface area contributed by atoms with Gasteiger partial charge in [0.1, 0.15) is 65.1 Å². The summed E-state index contributed by atoms with van der Waals surface area (Å²) in [5.41, 5.74) is -11.1. The van der Waals surface area contributed by atoms with E-state index in [4.69, 9.17) is 56.8 Å². The minimum atomic E-state index is -1.70. The molecule has 6 fully saturated rings. The van der Waals surface area contributed by atoms with E-state index in [0.717, 1.165) is 55.2 Å². The van der Waals surface area contributed by atoms with Crippen molar-refractivity contribution in [2.24, 2.45) is 35.5 Å². The highest BCUT2D eigenvalue weighted by molar-refractivity contribution is 5.95. The summed E-state index contributed by atoms with van der Waals surface area (Å²) in [6.07, 6.45) is 9.26. The summed E-state index contributed by atoms with van der Waals surface area (Å²) < 4.78 is 69.6. The largest absolute Gasteiger partial charge is 0.447 e. The highest BCUT2D eigenvalue weighted by Gasteiger charge is 2.70. The van der Waals surface area contributed by atoms with E-state index >= 15 is 0 Å². The monoisotopic (exact) mass is 1650 g/mol. The Labute approximate surface area is 704 Å². The van der Waals surface area contributed by atoms with Crippen LogP contribution in [0, 0.1) is 94.9 Å². The lowest BCUT2D eigenvalue weighted by molar-refractivity contribution is -0.283. The van der Waals surface area contributed by atoms with Gasteiger partial charge in [-0.3, -0.25) is 14.4 Å². The first kappa shape index (κ1) is 107. The number of ketones is 3. The molecule has 0 saturated heterocycles. The fourth-order valence-corrected chi connectivity index (χ4v) is 18.4. The second kappa shape index (κ2) is 47.7. The van der Waals surface area contributed by atoms with Gasteiger partial charge in [0.05, 0.1) is 6.61 Å².